The molecule has 14 heavy (non-hydrogen) atoms. The highest BCUT2D eigenvalue weighted by atomic mass is 16.3. The van der Waals surface area contributed by atoms with E-state index in [0.717, 1.165) is 0 Å². The van der Waals surface area contributed by atoms with Crippen molar-refractivity contribution < 1.29 is 5.11 Å². The smallest absolute Gasteiger partial charge is 0.210 e. The number of rotatable bonds is 3. The second-order valence-corrected chi connectivity index (χ2v) is 2.36. The maximum absolute atomic E-state index is 9.32. The molecule has 1 rings (SSSR count). The molecule has 0 unspecified atom stereocenters. The van der Waals surface area contributed by atoms with Gasteiger partial charge in [0.2, 0.25) is 5.88 Å². The number of H-pyrrole nitrogens is 1. The van der Waals surface area contributed by atoms with Crippen molar-refractivity contribution in [2.45, 2.75) is 0 Å². The lowest BCUT2D eigenvalue weighted by Crippen LogP contribution is -2.15. The summed E-state index contributed by atoms with van der Waals surface area (Å²) in [5.41, 5.74) is 5.79. The van der Waals surface area contributed by atoms with E-state index in [9.17, 15) is 5.11 Å². The first-order chi connectivity index (χ1) is 6.74. The lowest BCUT2D eigenvalue weighted by Gasteiger charge is -2.01. The van der Waals surface area contributed by atoms with Crippen LogP contribution in [0.15, 0.2) is 10.2 Å². The number of aromatic nitrogens is 1. The van der Waals surface area contributed by atoms with Crippen LogP contribution >= 0.6 is 0 Å². The van der Waals surface area contributed by atoms with Crippen molar-refractivity contribution >= 4 is 11.5 Å². The molecule has 0 aromatic carbocycles. The van der Waals surface area contributed by atoms with Crippen molar-refractivity contribution in [2.75, 3.05) is 19.5 Å². The van der Waals surface area contributed by atoms with Gasteiger partial charge in [-0.15, -0.1) is 5.11 Å². The molecule has 74 valence electrons. The second kappa shape index (κ2) is 4.25. The molecule has 0 aliphatic carbocycles. The Morgan fingerprint density at radius 3 is 2.79 bits per heavy atom. The number of nitrogens with one attached hydrogen (secondary N) is 3. The summed E-state index contributed by atoms with van der Waals surface area (Å²) in [6.07, 6.45) is 0. The quantitative estimate of drug-likeness (QED) is 0.422. The molecule has 7 nitrogen and oxygen atoms in total. The number of aromatic hydroxyl groups is 1. The minimum absolute atomic E-state index is 0.0988. The van der Waals surface area contributed by atoms with Gasteiger partial charge in [-0.25, -0.2) is 5.43 Å². The van der Waals surface area contributed by atoms with Crippen LogP contribution < -0.4 is 10.9 Å². The summed E-state index contributed by atoms with van der Waals surface area (Å²) < 4.78 is 0. The summed E-state index contributed by atoms with van der Waals surface area (Å²) in [4.78, 5) is 2.52. The summed E-state index contributed by atoms with van der Waals surface area (Å²) in [5, 5.41) is 25.3. The third-order valence-corrected chi connectivity index (χ3v) is 1.52. The zero-order chi connectivity index (χ0) is 10.6. The molecule has 1 aromatic heterocycles. The van der Waals surface area contributed by atoms with Crippen molar-refractivity contribution in [3.05, 3.63) is 5.56 Å². The first-order valence-electron chi connectivity index (χ1n) is 3.82. The molecular weight excluding hydrogens is 184 g/mol. The van der Waals surface area contributed by atoms with Crippen molar-refractivity contribution in [1.82, 2.24) is 10.4 Å². The van der Waals surface area contributed by atoms with Gasteiger partial charge in [0.15, 0.2) is 5.82 Å². The Morgan fingerprint density at radius 2 is 2.29 bits per heavy atom. The predicted molar refractivity (Wildman–Crippen MR) is 50.3 cm³/mol. The molecule has 0 amide bonds. The Balaban J connectivity index is 3.24. The second-order valence-electron chi connectivity index (χ2n) is 2.36. The molecule has 0 atom stereocenters. The third kappa shape index (κ3) is 1.65. The maximum Gasteiger partial charge on any atom is 0.210 e. The summed E-state index contributed by atoms with van der Waals surface area (Å²) in [5.74, 6) is 0.0727. The molecular formula is C7H10N6O. The monoisotopic (exact) mass is 194 g/mol. The van der Waals surface area contributed by atoms with E-state index in [4.69, 9.17) is 5.26 Å². The molecule has 0 saturated carbocycles. The molecule has 0 spiro atoms. The predicted octanol–water partition coefficient (Wildman–Crippen LogP) is 0.852. The normalized spacial score (nSPS) is 10.4. The molecule has 1 aromatic rings. The molecule has 0 aliphatic rings. The highest BCUT2D eigenvalue weighted by Gasteiger charge is 2.16. The standard InChI is InChI=1S/C7H10N6O/c1-9-12-5-4(3-8)7(14)11-6(5)13-10-2/h9,11-12,14H,1-2H3. The number of hydrogen-bond donors (Lipinski definition) is 4. The summed E-state index contributed by atoms with van der Waals surface area (Å²) in [6, 6.07) is 1.84. The number of anilines is 1. The Morgan fingerprint density at radius 1 is 1.57 bits per heavy atom. The van der Waals surface area contributed by atoms with E-state index < -0.39 is 0 Å². The molecule has 7 heteroatoms. The lowest BCUT2D eigenvalue weighted by atomic mass is 10.3. The van der Waals surface area contributed by atoms with Crippen LogP contribution in [-0.4, -0.2) is 24.2 Å². The molecule has 0 bridgehead atoms. The number of aromatic amines is 1. The van der Waals surface area contributed by atoms with Gasteiger partial charge in [0.1, 0.15) is 17.3 Å². The van der Waals surface area contributed by atoms with Gasteiger partial charge in [-0.2, -0.15) is 10.4 Å². The Bertz CT molecular complexity index is 388. The first kappa shape index (κ1) is 10.0. The van der Waals surface area contributed by atoms with Gasteiger partial charge < -0.3 is 15.5 Å². The molecule has 4 N–H and O–H groups in total. The van der Waals surface area contributed by atoms with Crippen LogP contribution in [0.3, 0.4) is 0 Å². The number of hydrogen-bond acceptors (Lipinski definition) is 6. The molecule has 0 saturated heterocycles. The SMILES string of the molecule is CN=Nc1[nH]c(O)c(C#N)c1NNC. The Labute approximate surface area is 80.4 Å². The van der Waals surface area contributed by atoms with Gasteiger partial charge in [-0.3, -0.25) is 0 Å². The number of nitrogens with zero attached hydrogens (tertiary/aromatic N) is 3. The minimum Gasteiger partial charge on any atom is -0.494 e. The average Bonchev–Trinajstić information content (AvgIpc) is 2.44. The van der Waals surface area contributed by atoms with Crippen LogP contribution in [0.25, 0.3) is 0 Å². The van der Waals surface area contributed by atoms with E-state index in [0.29, 0.717) is 11.5 Å². The van der Waals surface area contributed by atoms with Gasteiger partial charge in [0.25, 0.3) is 0 Å². The van der Waals surface area contributed by atoms with Gasteiger partial charge >= 0.3 is 0 Å². The number of azo groups is 1. The topological polar surface area (TPSA) is 109 Å². The van der Waals surface area contributed by atoms with E-state index >= 15 is 0 Å². The van der Waals surface area contributed by atoms with Gasteiger partial charge in [-0.05, 0) is 0 Å². The highest BCUT2D eigenvalue weighted by Crippen LogP contribution is 2.34. The summed E-state index contributed by atoms with van der Waals surface area (Å²) >= 11 is 0. The fourth-order valence-corrected chi connectivity index (χ4v) is 1.00. The van der Waals surface area contributed by atoms with Crippen LogP contribution in [0.2, 0.25) is 0 Å². The van der Waals surface area contributed by atoms with E-state index in [1.807, 2.05) is 6.07 Å². The largest absolute Gasteiger partial charge is 0.494 e. The first-order valence-corrected chi connectivity index (χ1v) is 3.82. The van der Waals surface area contributed by atoms with Crippen molar-refractivity contribution in [3.63, 3.8) is 0 Å². The molecule has 1 heterocycles. The van der Waals surface area contributed by atoms with Crippen LogP contribution in [0.4, 0.5) is 11.5 Å². The fraction of sp³-hybridized carbons (Fsp3) is 0.286. The van der Waals surface area contributed by atoms with E-state index in [2.05, 4.69) is 26.1 Å². The van der Waals surface area contributed by atoms with Crippen molar-refractivity contribution in [2.24, 2.45) is 10.2 Å². The summed E-state index contributed by atoms with van der Waals surface area (Å²) in [7, 11) is 3.13. The molecule has 0 aliphatic heterocycles. The van der Waals surface area contributed by atoms with Crippen LogP contribution in [0, 0.1) is 11.3 Å². The third-order valence-electron chi connectivity index (χ3n) is 1.52. The number of nitriles is 1. The molecule has 0 radical (unpaired) electrons. The zero-order valence-electron chi connectivity index (χ0n) is 7.79. The van der Waals surface area contributed by atoms with Gasteiger partial charge in [-0.1, -0.05) is 0 Å². The van der Waals surface area contributed by atoms with Crippen LogP contribution in [0.5, 0.6) is 5.88 Å². The minimum atomic E-state index is -0.229. The van der Waals surface area contributed by atoms with E-state index in [-0.39, 0.29) is 11.4 Å². The maximum atomic E-state index is 9.32. The number of hydrazine groups is 1. The average molecular weight is 194 g/mol. The van der Waals surface area contributed by atoms with E-state index in [1.54, 1.807) is 7.05 Å². The van der Waals surface area contributed by atoms with Crippen LogP contribution in [0.1, 0.15) is 5.56 Å². The van der Waals surface area contributed by atoms with Crippen molar-refractivity contribution in [1.29, 1.82) is 5.26 Å². The lowest BCUT2D eigenvalue weighted by molar-refractivity contribution is 0.455. The fourth-order valence-electron chi connectivity index (χ4n) is 1.00. The zero-order valence-corrected chi connectivity index (χ0v) is 7.79. The van der Waals surface area contributed by atoms with E-state index in [1.165, 1.54) is 7.05 Å². The van der Waals surface area contributed by atoms with Crippen LogP contribution in [-0.2, 0) is 0 Å². The Hall–Kier alpha value is -2.07. The molecule has 0 fully saturated rings. The summed E-state index contributed by atoms with van der Waals surface area (Å²) in [6.45, 7) is 0. The van der Waals surface area contributed by atoms with Gasteiger partial charge in [0.05, 0.1) is 0 Å². The highest BCUT2D eigenvalue weighted by molar-refractivity contribution is 5.74. The van der Waals surface area contributed by atoms with Crippen molar-refractivity contribution in [3.8, 4) is 11.9 Å². The Kier molecular flexibility index (Phi) is 3.04. The van der Waals surface area contributed by atoms with Gasteiger partial charge in [0, 0.05) is 14.1 Å².